The van der Waals surface area contributed by atoms with Crippen LogP contribution in [-0.4, -0.2) is 38.1 Å². The van der Waals surface area contributed by atoms with Gasteiger partial charge in [-0.2, -0.15) is 0 Å². The van der Waals surface area contributed by atoms with E-state index in [1.807, 2.05) is 12.1 Å². The highest BCUT2D eigenvalue weighted by Crippen LogP contribution is 2.43. The lowest BCUT2D eigenvalue weighted by atomic mass is 9.84. The second-order valence-electron chi connectivity index (χ2n) is 13.6. The zero-order chi connectivity index (χ0) is 30.7. The van der Waals surface area contributed by atoms with Crippen LogP contribution >= 0.6 is 11.8 Å². The molecule has 44 heavy (non-hydrogen) atoms. The van der Waals surface area contributed by atoms with E-state index in [1.54, 1.807) is 11.8 Å². The van der Waals surface area contributed by atoms with E-state index in [1.165, 1.54) is 96.0 Å². The lowest BCUT2D eigenvalue weighted by Gasteiger charge is -2.24. The van der Waals surface area contributed by atoms with Gasteiger partial charge < -0.3 is 5.11 Å². The highest BCUT2D eigenvalue weighted by atomic mass is 32.2. The summed E-state index contributed by atoms with van der Waals surface area (Å²) in [5.41, 5.74) is 4.80. The molecule has 234 valence electrons. The van der Waals surface area contributed by atoms with Gasteiger partial charge in [-0.05, 0) is 94.2 Å². The van der Waals surface area contributed by atoms with Crippen LogP contribution in [0.25, 0.3) is 0 Å². The third kappa shape index (κ3) is 7.17. The molecular weight excluding hydrogens is 597 g/mol. The minimum Gasteiger partial charge on any atom is -0.383 e. The topological polar surface area (TPSA) is 37.3 Å². The largest absolute Gasteiger partial charge is 0.383 e. The van der Waals surface area contributed by atoms with E-state index in [0.29, 0.717) is 17.0 Å². The zero-order valence-electron chi connectivity index (χ0n) is 26.8. The summed E-state index contributed by atoms with van der Waals surface area (Å²) in [6.07, 6.45) is 11.3. The van der Waals surface area contributed by atoms with Crippen LogP contribution in [0.4, 0.5) is 0 Å². The first-order chi connectivity index (χ1) is 21.3. The smallest absolute Gasteiger partial charge is 0.217 e. The predicted octanol–water partition coefficient (Wildman–Crippen LogP) is 9.83. The van der Waals surface area contributed by atoms with Crippen molar-refractivity contribution in [2.45, 2.75) is 116 Å². The van der Waals surface area contributed by atoms with Gasteiger partial charge in [0.1, 0.15) is 33.9 Å². The van der Waals surface area contributed by atoms with Gasteiger partial charge in [-0.1, -0.05) is 79.6 Å². The van der Waals surface area contributed by atoms with E-state index in [-0.39, 0.29) is 31.8 Å². The average Bonchev–Trinajstić information content (AvgIpc) is 3.79. The third-order valence-electron chi connectivity index (χ3n) is 10.4. The van der Waals surface area contributed by atoms with Gasteiger partial charge in [0.2, 0.25) is 5.78 Å². The molecule has 0 radical (unpaired) electrons. The lowest BCUT2D eigenvalue weighted by molar-refractivity contribution is 0.0956. The molecule has 0 bridgehead atoms. The van der Waals surface area contributed by atoms with Crippen LogP contribution in [0.15, 0.2) is 82.6 Å². The van der Waals surface area contributed by atoms with Crippen LogP contribution in [0.1, 0.15) is 123 Å². The van der Waals surface area contributed by atoms with Crippen LogP contribution in [0.2, 0.25) is 0 Å². The normalized spacial score (nSPS) is 23.1. The molecule has 3 fully saturated rings. The van der Waals surface area contributed by atoms with Gasteiger partial charge in [-0.25, -0.2) is 0 Å². The number of hydrogen-bond donors (Lipinski definition) is 1. The Morgan fingerprint density at radius 1 is 0.750 bits per heavy atom. The van der Waals surface area contributed by atoms with E-state index in [9.17, 15) is 9.90 Å². The molecule has 4 unspecified atom stereocenters. The van der Waals surface area contributed by atoms with E-state index in [4.69, 9.17) is 0 Å². The Bertz CT molecular complexity index is 1370. The Morgan fingerprint density at radius 2 is 1.34 bits per heavy atom. The summed E-state index contributed by atoms with van der Waals surface area (Å²) in [4.78, 5) is 15.7. The fourth-order valence-corrected chi connectivity index (χ4v) is 14.2. The summed E-state index contributed by atoms with van der Waals surface area (Å²) >= 11 is 1.77. The highest BCUT2D eigenvalue weighted by Gasteiger charge is 2.47. The maximum atomic E-state index is 13.3. The number of benzene rings is 3. The van der Waals surface area contributed by atoms with Crippen molar-refractivity contribution in [2.75, 3.05) is 17.3 Å². The van der Waals surface area contributed by atoms with Gasteiger partial charge in [0.25, 0.3) is 0 Å². The van der Waals surface area contributed by atoms with E-state index < -0.39 is 6.10 Å². The van der Waals surface area contributed by atoms with Gasteiger partial charge in [-0.15, -0.1) is 0 Å². The average molecular weight is 647 g/mol. The summed E-state index contributed by atoms with van der Waals surface area (Å²) in [6, 6.07) is 26.4. The van der Waals surface area contributed by atoms with Crippen molar-refractivity contribution < 1.29 is 9.90 Å². The number of rotatable bonds is 10. The molecule has 1 saturated carbocycles. The van der Waals surface area contributed by atoms with Crippen LogP contribution < -0.4 is 0 Å². The van der Waals surface area contributed by atoms with Crippen molar-refractivity contribution in [3.05, 3.63) is 95.1 Å². The third-order valence-corrected chi connectivity index (χ3v) is 17.8. The lowest BCUT2D eigenvalue weighted by Crippen LogP contribution is -2.41. The van der Waals surface area contributed by atoms with Gasteiger partial charge in [-0.3, -0.25) is 4.79 Å². The number of carbonyl (C=O) groups excluding carboxylic acids is 1. The second-order valence-corrected chi connectivity index (χ2v) is 20.2. The van der Waals surface area contributed by atoms with Crippen LogP contribution in [-0.2, 0) is 21.8 Å². The van der Waals surface area contributed by atoms with Crippen molar-refractivity contribution in [3.63, 3.8) is 0 Å². The molecule has 1 aliphatic carbocycles. The molecule has 0 spiro atoms. The fourth-order valence-electron chi connectivity index (χ4n) is 7.56. The van der Waals surface area contributed by atoms with Crippen LogP contribution in [0.3, 0.4) is 0 Å². The number of carbonyl (C=O) groups is 1. The van der Waals surface area contributed by atoms with Crippen molar-refractivity contribution in [3.8, 4) is 0 Å². The molecule has 3 aromatic rings. The number of Topliss-reactive ketones (excluding diaryl/α,β-unsaturated/α-hetero) is 1. The molecule has 2 heterocycles. The van der Waals surface area contributed by atoms with Crippen LogP contribution in [0.5, 0.6) is 0 Å². The van der Waals surface area contributed by atoms with E-state index in [2.05, 4.69) is 81.4 Å². The maximum Gasteiger partial charge on any atom is 0.217 e. The molecule has 3 aromatic carbocycles. The zero-order valence-corrected chi connectivity index (χ0v) is 29.3. The Kier molecular flexibility index (Phi) is 10.6. The van der Waals surface area contributed by atoms with Gasteiger partial charge in [0.15, 0.2) is 4.75 Å². The number of ketones is 1. The summed E-state index contributed by atoms with van der Waals surface area (Å²) in [5.74, 6) is 4.63. The Labute approximate surface area is 275 Å². The highest BCUT2D eigenvalue weighted by molar-refractivity contribution is 7.99. The number of hydrogen-bond acceptors (Lipinski definition) is 3. The van der Waals surface area contributed by atoms with E-state index >= 15 is 0 Å². The Morgan fingerprint density at radius 3 is 1.98 bits per heavy atom. The molecule has 6 rings (SSSR count). The van der Waals surface area contributed by atoms with E-state index in [0.717, 1.165) is 11.1 Å². The molecule has 4 atom stereocenters. The minimum absolute atomic E-state index is 0.150. The summed E-state index contributed by atoms with van der Waals surface area (Å²) in [5, 5.41) is 12.2. The Balaban J connectivity index is 1.06. The first-order valence-corrected chi connectivity index (χ1v) is 20.8. The molecule has 2 saturated heterocycles. The molecule has 0 aromatic heterocycles. The standard InChI is InChI=1S/C39H50O2S3/c1-28(37(40)32-15-13-30(14-16-32)29-10-5-4-6-11-29)44-27-9-12-36(44)31-17-21-34(22-18-31)42-35-23-19-33(20-24-35)38(41)39(2,3)43-25-7-8-26-43/h13-24,28-29,36-37,40H,4-12,25-27H2,1-3H3/q+2. The molecule has 2 nitrogen and oxygen atoms in total. The monoisotopic (exact) mass is 646 g/mol. The maximum absolute atomic E-state index is 13.3. The van der Waals surface area contributed by atoms with Crippen molar-refractivity contribution in [1.82, 2.24) is 0 Å². The minimum atomic E-state index is -0.409. The molecule has 0 amide bonds. The van der Waals surface area contributed by atoms with Crippen molar-refractivity contribution in [1.29, 1.82) is 0 Å². The van der Waals surface area contributed by atoms with Crippen molar-refractivity contribution in [2.24, 2.45) is 0 Å². The summed E-state index contributed by atoms with van der Waals surface area (Å²) in [6.45, 7) is 6.58. The van der Waals surface area contributed by atoms with Crippen LogP contribution in [0, 0.1) is 0 Å². The number of aliphatic hydroxyl groups excluding tert-OH is 1. The van der Waals surface area contributed by atoms with Gasteiger partial charge in [0, 0.05) is 49.1 Å². The first-order valence-electron chi connectivity index (χ1n) is 16.9. The molecular formula is C39H50O2S3+2. The SMILES string of the molecule is CC(C(O)c1ccc(C2CCCCC2)cc1)[S+]1CCCC1c1ccc(Sc2ccc(C(=O)C(C)(C)[S+]3CCCC3)cc2)cc1. The molecule has 2 aliphatic heterocycles. The fraction of sp³-hybridized carbons (Fsp3) is 0.513. The number of aliphatic hydroxyl groups is 1. The Hall–Kier alpha value is -1.66. The summed E-state index contributed by atoms with van der Waals surface area (Å²) in [7, 11) is 0.353. The quantitative estimate of drug-likeness (QED) is 0.176. The van der Waals surface area contributed by atoms with Gasteiger partial charge in [0.05, 0.1) is 0 Å². The van der Waals surface area contributed by atoms with Crippen molar-refractivity contribution >= 4 is 39.3 Å². The second kappa shape index (κ2) is 14.4. The molecule has 5 heteroatoms. The van der Waals surface area contributed by atoms with Gasteiger partial charge >= 0.3 is 0 Å². The molecule has 3 aliphatic rings. The first kappa shape index (κ1) is 32.3. The molecule has 1 N–H and O–H groups in total. The summed E-state index contributed by atoms with van der Waals surface area (Å²) < 4.78 is -0.257. The predicted molar refractivity (Wildman–Crippen MR) is 193 cm³/mol.